The first-order valence-electron chi connectivity index (χ1n) is 9.34. The number of carbonyl (C=O) groups is 1. The number of hydrazine groups is 1. The Morgan fingerprint density at radius 3 is 2.62 bits per heavy atom. The number of hydrogen-bond acceptors (Lipinski definition) is 3. The second-order valence-corrected chi connectivity index (χ2v) is 7.22. The molecule has 146 valence electrons. The lowest BCUT2D eigenvalue weighted by Crippen LogP contribution is -2.48. The highest BCUT2D eigenvalue weighted by Gasteiger charge is 2.15. The largest absolute Gasteiger partial charge is 0.464 e. The minimum absolute atomic E-state index is 0.160. The van der Waals surface area contributed by atoms with Gasteiger partial charge in [-0.15, -0.1) is 0 Å². The van der Waals surface area contributed by atoms with Gasteiger partial charge in [-0.3, -0.25) is 15.2 Å². The van der Waals surface area contributed by atoms with Gasteiger partial charge in [0.1, 0.15) is 5.58 Å². The lowest BCUT2D eigenvalue weighted by atomic mass is 10.0. The Bertz CT molecular complexity index is 1170. The van der Waals surface area contributed by atoms with Gasteiger partial charge in [0.2, 0.25) is 5.91 Å². The molecular formula is C23H21N3O2S. The predicted molar refractivity (Wildman–Crippen MR) is 119 cm³/mol. The number of rotatable bonds is 4. The first-order chi connectivity index (χ1) is 14.1. The van der Waals surface area contributed by atoms with Crippen molar-refractivity contribution < 1.29 is 9.21 Å². The number of thiocarbonyl (C=S) groups is 1. The summed E-state index contributed by atoms with van der Waals surface area (Å²) in [5, 5.41) is 8.29. The van der Waals surface area contributed by atoms with Crippen molar-refractivity contribution in [2.75, 3.05) is 7.05 Å². The van der Waals surface area contributed by atoms with Crippen LogP contribution >= 0.6 is 12.2 Å². The number of nitrogens with one attached hydrogen (secondary N) is 2. The second-order valence-electron chi connectivity index (χ2n) is 6.84. The van der Waals surface area contributed by atoms with Gasteiger partial charge in [0, 0.05) is 24.5 Å². The molecule has 0 radical (unpaired) electrons. The number of fused-ring (bicyclic) bond motifs is 3. The SMILES string of the molecule is CN(NC(=O)Cc1coc2ccc3ccccc3c12)C(=S)NCc1ccccc1. The Labute approximate surface area is 174 Å². The van der Waals surface area contributed by atoms with E-state index in [1.54, 1.807) is 13.3 Å². The van der Waals surface area contributed by atoms with Crippen LogP contribution in [-0.4, -0.2) is 23.1 Å². The number of nitrogens with zero attached hydrogens (tertiary/aromatic N) is 1. The zero-order valence-corrected chi connectivity index (χ0v) is 16.8. The first-order valence-corrected chi connectivity index (χ1v) is 9.75. The Morgan fingerprint density at radius 2 is 1.79 bits per heavy atom. The van der Waals surface area contributed by atoms with Crippen molar-refractivity contribution in [3.63, 3.8) is 0 Å². The standard InChI is InChI=1S/C23H21N3O2S/c1-26(23(29)24-14-16-7-3-2-4-8-16)25-21(27)13-18-15-28-20-12-11-17-9-5-6-10-19(17)22(18)20/h2-12,15H,13-14H2,1H3,(H,24,29)(H,25,27). The molecule has 0 fully saturated rings. The summed E-state index contributed by atoms with van der Waals surface area (Å²) in [6, 6.07) is 22.0. The first kappa shape index (κ1) is 19.0. The van der Waals surface area contributed by atoms with Crippen molar-refractivity contribution >= 4 is 45.0 Å². The zero-order valence-electron chi connectivity index (χ0n) is 16.0. The highest BCUT2D eigenvalue weighted by molar-refractivity contribution is 7.80. The molecule has 1 amide bonds. The van der Waals surface area contributed by atoms with Crippen molar-refractivity contribution in [3.05, 3.63) is 84.1 Å². The van der Waals surface area contributed by atoms with Crippen molar-refractivity contribution in [2.24, 2.45) is 0 Å². The fourth-order valence-corrected chi connectivity index (χ4v) is 3.46. The smallest absolute Gasteiger partial charge is 0.243 e. The van der Waals surface area contributed by atoms with Gasteiger partial charge in [-0.05, 0) is 34.6 Å². The molecule has 3 aromatic carbocycles. The molecule has 1 heterocycles. The van der Waals surface area contributed by atoms with Gasteiger partial charge in [0.25, 0.3) is 0 Å². The van der Waals surface area contributed by atoms with E-state index < -0.39 is 0 Å². The summed E-state index contributed by atoms with van der Waals surface area (Å²) in [5.74, 6) is -0.160. The Hall–Kier alpha value is -3.38. The third-order valence-corrected chi connectivity index (χ3v) is 5.19. The minimum atomic E-state index is -0.160. The fourth-order valence-electron chi connectivity index (χ4n) is 3.35. The Kier molecular flexibility index (Phi) is 5.44. The predicted octanol–water partition coefficient (Wildman–Crippen LogP) is 4.17. The zero-order chi connectivity index (χ0) is 20.2. The van der Waals surface area contributed by atoms with Crippen molar-refractivity contribution in [1.82, 2.24) is 15.8 Å². The second kappa shape index (κ2) is 8.32. The Morgan fingerprint density at radius 1 is 1.03 bits per heavy atom. The molecule has 2 N–H and O–H groups in total. The summed E-state index contributed by atoms with van der Waals surface area (Å²) in [6.45, 7) is 0.595. The number of furan rings is 1. The van der Waals surface area contributed by atoms with Crippen molar-refractivity contribution in [1.29, 1.82) is 0 Å². The molecule has 0 saturated heterocycles. The van der Waals surface area contributed by atoms with E-state index >= 15 is 0 Å². The maximum absolute atomic E-state index is 12.6. The molecule has 0 bridgehead atoms. The van der Waals surface area contributed by atoms with Crippen LogP contribution in [0.5, 0.6) is 0 Å². The normalized spacial score (nSPS) is 10.8. The molecule has 5 nitrogen and oxygen atoms in total. The average Bonchev–Trinajstić information content (AvgIpc) is 3.15. The summed E-state index contributed by atoms with van der Waals surface area (Å²) in [6.07, 6.45) is 1.86. The van der Waals surface area contributed by atoms with Gasteiger partial charge < -0.3 is 9.73 Å². The molecule has 0 aliphatic heterocycles. The molecule has 0 saturated carbocycles. The van der Waals surface area contributed by atoms with Crippen LogP contribution in [0.2, 0.25) is 0 Å². The molecule has 1 aromatic heterocycles. The monoisotopic (exact) mass is 403 g/mol. The molecule has 29 heavy (non-hydrogen) atoms. The van der Waals surface area contributed by atoms with E-state index in [4.69, 9.17) is 16.6 Å². The molecule has 4 rings (SSSR count). The number of benzene rings is 3. The number of amides is 1. The van der Waals surface area contributed by atoms with Crippen LogP contribution in [-0.2, 0) is 17.8 Å². The molecule has 0 aliphatic rings. The van der Waals surface area contributed by atoms with Crippen LogP contribution in [0.4, 0.5) is 0 Å². The van der Waals surface area contributed by atoms with E-state index in [0.29, 0.717) is 11.7 Å². The molecular weight excluding hydrogens is 382 g/mol. The van der Waals surface area contributed by atoms with Crippen molar-refractivity contribution in [2.45, 2.75) is 13.0 Å². The molecule has 4 aromatic rings. The maximum atomic E-state index is 12.6. The topological polar surface area (TPSA) is 57.5 Å². The Balaban J connectivity index is 1.42. The highest BCUT2D eigenvalue weighted by atomic mass is 32.1. The van der Waals surface area contributed by atoms with Gasteiger partial charge in [0.05, 0.1) is 12.7 Å². The lowest BCUT2D eigenvalue weighted by Gasteiger charge is -2.21. The van der Waals surface area contributed by atoms with E-state index in [1.165, 1.54) is 5.01 Å². The van der Waals surface area contributed by atoms with Crippen LogP contribution < -0.4 is 10.7 Å². The number of carbonyl (C=O) groups excluding carboxylic acids is 1. The van der Waals surface area contributed by atoms with Gasteiger partial charge in [-0.25, -0.2) is 0 Å². The average molecular weight is 404 g/mol. The van der Waals surface area contributed by atoms with Gasteiger partial charge in [-0.2, -0.15) is 0 Å². The maximum Gasteiger partial charge on any atom is 0.243 e. The van der Waals surface area contributed by atoms with Crippen LogP contribution in [0.15, 0.2) is 77.4 Å². The van der Waals surface area contributed by atoms with E-state index in [-0.39, 0.29) is 12.3 Å². The van der Waals surface area contributed by atoms with E-state index in [9.17, 15) is 4.79 Å². The summed E-state index contributed by atoms with van der Waals surface area (Å²) in [5.41, 5.74) is 5.56. The van der Waals surface area contributed by atoms with Gasteiger partial charge >= 0.3 is 0 Å². The van der Waals surface area contributed by atoms with Crippen LogP contribution in [0.3, 0.4) is 0 Å². The highest BCUT2D eigenvalue weighted by Crippen LogP contribution is 2.30. The summed E-state index contributed by atoms with van der Waals surface area (Å²) in [7, 11) is 1.72. The number of hydrogen-bond donors (Lipinski definition) is 2. The molecule has 0 spiro atoms. The van der Waals surface area contributed by atoms with Gasteiger partial charge in [0.15, 0.2) is 5.11 Å². The fraction of sp³-hybridized carbons (Fsp3) is 0.130. The molecule has 6 heteroatoms. The molecule has 0 unspecified atom stereocenters. The quantitative estimate of drug-likeness (QED) is 0.396. The molecule has 0 aliphatic carbocycles. The summed E-state index contributed by atoms with van der Waals surface area (Å²) < 4.78 is 5.67. The van der Waals surface area contributed by atoms with E-state index in [0.717, 1.165) is 32.9 Å². The summed E-state index contributed by atoms with van der Waals surface area (Å²) in [4.78, 5) is 12.6. The lowest BCUT2D eigenvalue weighted by molar-refractivity contribution is -0.123. The minimum Gasteiger partial charge on any atom is -0.464 e. The summed E-state index contributed by atoms with van der Waals surface area (Å²) >= 11 is 5.36. The van der Waals surface area contributed by atoms with E-state index in [2.05, 4.69) is 16.8 Å². The molecule has 0 atom stereocenters. The van der Waals surface area contributed by atoms with Crippen LogP contribution in [0, 0.1) is 0 Å². The third kappa shape index (κ3) is 4.22. The third-order valence-electron chi connectivity index (χ3n) is 4.77. The van der Waals surface area contributed by atoms with Crippen LogP contribution in [0.1, 0.15) is 11.1 Å². The van der Waals surface area contributed by atoms with Crippen molar-refractivity contribution in [3.8, 4) is 0 Å². The van der Waals surface area contributed by atoms with Gasteiger partial charge in [-0.1, -0.05) is 60.7 Å². The van der Waals surface area contributed by atoms with Crippen LogP contribution in [0.25, 0.3) is 21.7 Å². The van der Waals surface area contributed by atoms with E-state index in [1.807, 2.05) is 60.7 Å².